The van der Waals surface area contributed by atoms with Crippen molar-refractivity contribution in [1.29, 1.82) is 0 Å². The molecule has 0 heterocycles. The molecule has 2 aliphatic rings. The molecule has 0 amide bonds. The molecule has 0 saturated heterocycles. The van der Waals surface area contributed by atoms with Gasteiger partial charge in [-0.15, -0.1) is 0 Å². The van der Waals surface area contributed by atoms with Crippen molar-refractivity contribution >= 4 is 12.6 Å². The number of rotatable bonds is 2. The predicted molar refractivity (Wildman–Crippen MR) is 66.1 cm³/mol. The lowest BCUT2D eigenvalue weighted by Crippen LogP contribution is -2.55. The monoisotopic (exact) mass is 229 g/mol. The van der Waals surface area contributed by atoms with Crippen LogP contribution in [0.2, 0.25) is 0 Å². The number of aliphatic hydroxyl groups is 1. The Hall–Kier alpha value is 0.270. The molecule has 0 aromatic rings. The van der Waals surface area contributed by atoms with Gasteiger partial charge in [0.15, 0.2) is 0 Å². The van der Waals surface area contributed by atoms with Crippen molar-refractivity contribution in [2.75, 3.05) is 0 Å². The van der Waals surface area contributed by atoms with Gasteiger partial charge < -0.3 is 10.4 Å². The summed E-state index contributed by atoms with van der Waals surface area (Å²) in [6, 6.07) is 0. The molecule has 88 valence electrons. The Morgan fingerprint density at radius 1 is 1.33 bits per heavy atom. The fourth-order valence-electron chi connectivity index (χ4n) is 3.68. The molecule has 2 fully saturated rings. The summed E-state index contributed by atoms with van der Waals surface area (Å²) in [7, 11) is 0. The smallest absolute Gasteiger partial charge is 0.0597 e. The van der Waals surface area contributed by atoms with Crippen molar-refractivity contribution in [2.45, 2.75) is 63.0 Å². The normalized spacial score (nSPS) is 47.6. The van der Waals surface area contributed by atoms with Gasteiger partial charge in [-0.25, -0.2) is 0 Å². The van der Waals surface area contributed by atoms with E-state index in [4.69, 9.17) is 0 Å². The first-order valence-corrected chi connectivity index (χ1v) is 6.66. The van der Waals surface area contributed by atoms with Crippen LogP contribution in [0, 0.1) is 11.8 Å². The zero-order valence-corrected chi connectivity index (χ0v) is 10.6. The van der Waals surface area contributed by atoms with Crippen LogP contribution in [0.15, 0.2) is 0 Å². The van der Waals surface area contributed by atoms with E-state index in [1.54, 1.807) is 0 Å². The third kappa shape index (κ3) is 2.51. The summed E-state index contributed by atoms with van der Waals surface area (Å²) in [5, 5.41) is 13.9. The highest BCUT2D eigenvalue weighted by Gasteiger charge is 2.44. The number of hydrogen-bond acceptors (Lipinski definition) is 3. The highest BCUT2D eigenvalue weighted by atomic mass is 32.1. The molecule has 0 aliphatic heterocycles. The maximum Gasteiger partial charge on any atom is 0.0597 e. The van der Waals surface area contributed by atoms with E-state index in [1.807, 2.05) is 0 Å². The molecule has 2 nitrogen and oxygen atoms in total. The van der Waals surface area contributed by atoms with Crippen molar-refractivity contribution in [2.24, 2.45) is 11.8 Å². The van der Waals surface area contributed by atoms with Crippen molar-refractivity contribution in [1.82, 2.24) is 5.32 Å². The molecule has 3 heteroatoms. The lowest BCUT2D eigenvalue weighted by Gasteiger charge is -2.49. The zero-order valence-electron chi connectivity index (χ0n) is 9.74. The molecule has 2 rings (SSSR count). The molecule has 2 N–H and O–H groups in total. The van der Waals surface area contributed by atoms with E-state index >= 15 is 0 Å². The third-order valence-electron chi connectivity index (χ3n) is 4.10. The predicted octanol–water partition coefficient (Wildman–Crippen LogP) is 2.18. The van der Waals surface area contributed by atoms with E-state index in [0.29, 0.717) is 11.8 Å². The van der Waals surface area contributed by atoms with Crippen LogP contribution < -0.4 is 5.32 Å². The van der Waals surface area contributed by atoms with Gasteiger partial charge in [-0.3, -0.25) is 0 Å². The van der Waals surface area contributed by atoms with Gasteiger partial charge in [-0.1, -0.05) is 6.42 Å². The van der Waals surface area contributed by atoms with Crippen LogP contribution in [0.5, 0.6) is 0 Å². The summed E-state index contributed by atoms with van der Waals surface area (Å²) in [5.41, 5.74) is 0.191. The number of thiol groups is 1. The quantitative estimate of drug-likeness (QED) is 0.501. The Balaban J connectivity index is 2.06. The topological polar surface area (TPSA) is 32.3 Å². The number of hydrogen-bond donors (Lipinski definition) is 3. The molecular weight excluding hydrogens is 206 g/mol. The largest absolute Gasteiger partial charge is 0.393 e. The van der Waals surface area contributed by atoms with Gasteiger partial charge in [0.05, 0.1) is 6.10 Å². The molecule has 2 saturated carbocycles. The first-order valence-electron chi connectivity index (χ1n) is 6.14. The summed E-state index contributed by atoms with van der Waals surface area (Å²) in [5.74, 6) is 1.03. The van der Waals surface area contributed by atoms with Crippen LogP contribution in [0.4, 0.5) is 0 Å². The van der Waals surface area contributed by atoms with Crippen LogP contribution in [-0.4, -0.2) is 22.1 Å². The summed E-state index contributed by atoms with van der Waals surface area (Å²) in [4.78, 5) is 0. The Kier molecular flexibility index (Phi) is 3.34. The Labute approximate surface area is 98.2 Å². The molecule has 3 atom stereocenters. The van der Waals surface area contributed by atoms with Gasteiger partial charge in [0.1, 0.15) is 0 Å². The van der Waals surface area contributed by atoms with E-state index in [9.17, 15) is 5.11 Å². The van der Waals surface area contributed by atoms with Crippen LogP contribution in [0.1, 0.15) is 46.0 Å². The second kappa shape index (κ2) is 4.27. The number of nitrogens with one attached hydrogen (secondary N) is 1. The minimum atomic E-state index is -0.0381. The van der Waals surface area contributed by atoms with E-state index in [0.717, 1.165) is 12.8 Å². The lowest BCUT2D eigenvalue weighted by atomic mass is 9.63. The maximum absolute atomic E-state index is 10.1. The molecule has 0 spiro atoms. The summed E-state index contributed by atoms with van der Waals surface area (Å²) < 4.78 is 0. The van der Waals surface area contributed by atoms with Gasteiger partial charge in [0.2, 0.25) is 0 Å². The average molecular weight is 229 g/mol. The number of fused-ring (bicyclic) bond motifs is 2. The standard InChI is InChI=1S/C12H23NOS/c1-8(15)13-12(2)6-9-4-3-5-10(7-12)11(9)14/h8-11,13-15H,3-7H2,1-2H3/t8-,9?,10?,11?,12?/m0/s1. The van der Waals surface area contributed by atoms with E-state index in [2.05, 4.69) is 31.8 Å². The molecule has 2 bridgehead atoms. The summed E-state index contributed by atoms with van der Waals surface area (Å²) in [6.07, 6.45) is 5.89. The second-order valence-electron chi connectivity index (χ2n) is 5.73. The fraction of sp³-hybridized carbons (Fsp3) is 1.00. The van der Waals surface area contributed by atoms with Crippen molar-refractivity contribution in [3.63, 3.8) is 0 Å². The molecular formula is C12H23NOS. The van der Waals surface area contributed by atoms with Crippen LogP contribution >= 0.6 is 12.6 Å². The molecule has 15 heavy (non-hydrogen) atoms. The first-order chi connectivity index (χ1) is 7.00. The highest BCUT2D eigenvalue weighted by Crippen LogP contribution is 2.44. The van der Waals surface area contributed by atoms with E-state index in [-0.39, 0.29) is 17.0 Å². The van der Waals surface area contributed by atoms with Crippen molar-refractivity contribution in [3.05, 3.63) is 0 Å². The van der Waals surface area contributed by atoms with E-state index < -0.39 is 0 Å². The van der Waals surface area contributed by atoms with Gasteiger partial charge in [-0.05, 0) is 51.4 Å². The maximum atomic E-state index is 10.1. The Bertz CT molecular complexity index is 218. The van der Waals surface area contributed by atoms with Crippen molar-refractivity contribution < 1.29 is 5.11 Å². The van der Waals surface area contributed by atoms with Crippen LogP contribution in [-0.2, 0) is 0 Å². The van der Waals surface area contributed by atoms with Gasteiger partial charge >= 0.3 is 0 Å². The van der Waals surface area contributed by atoms with E-state index in [1.165, 1.54) is 19.3 Å². The van der Waals surface area contributed by atoms with Gasteiger partial charge in [0, 0.05) is 10.9 Å². The lowest BCUT2D eigenvalue weighted by molar-refractivity contribution is -0.0463. The van der Waals surface area contributed by atoms with Crippen LogP contribution in [0.3, 0.4) is 0 Å². The van der Waals surface area contributed by atoms with Gasteiger partial charge in [0.25, 0.3) is 0 Å². The third-order valence-corrected chi connectivity index (χ3v) is 4.23. The summed E-state index contributed by atoms with van der Waals surface area (Å²) >= 11 is 4.42. The Morgan fingerprint density at radius 2 is 1.87 bits per heavy atom. The molecule has 2 unspecified atom stereocenters. The first kappa shape index (κ1) is 11.7. The molecule has 0 aromatic carbocycles. The van der Waals surface area contributed by atoms with Gasteiger partial charge in [-0.2, -0.15) is 12.6 Å². The van der Waals surface area contributed by atoms with Crippen molar-refractivity contribution in [3.8, 4) is 0 Å². The Morgan fingerprint density at radius 3 is 2.33 bits per heavy atom. The molecule has 0 aromatic heterocycles. The SMILES string of the molecule is C[C@H](S)NC1(C)CC2CCCC(C1)C2O. The molecule has 0 radical (unpaired) electrons. The molecule has 2 aliphatic carbocycles. The minimum absolute atomic E-state index is 0.0381. The fourth-order valence-corrected chi connectivity index (χ4v) is 3.99. The van der Waals surface area contributed by atoms with Crippen LogP contribution in [0.25, 0.3) is 0 Å². The minimum Gasteiger partial charge on any atom is -0.393 e. The zero-order chi connectivity index (χ0) is 11.1. The second-order valence-corrected chi connectivity index (χ2v) is 6.51. The number of aliphatic hydroxyl groups excluding tert-OH is 1. The highest BCUT2D eigenvalue weighted by molar-refractivity contribution is 7.80. The average Bonchev–Trinajstić information content (AvgIpc) is 2.06. The summed E-state index contributed by atoms with van der Waals surface area (Å²) in [6.45, 7) is 4.37.